The number of anilines is 1. The monoisotopic (exact) mass is 455 g/mol. The van der Waals surface area contributed by atoms with E-state index in [1.54, 1.807) is 24.3 Å². The molecule has 0 spiro atoms. The van der Waals surface area contributed by atoms with Gasteiger partial charge < -0.3 is 10.8 Å². The molecule has 4 aromatic rings. The van der Waals surface area contributed by atoms with Gasteiger partial charge in [0.05, 0.1) is 11.1 Å². The second-order valence-corrected chi connectivity index (χ2v) is 7.28. The Kier molecular flexibility index (Phi) is 5.54. The number of Topliss-reactive ketones (excluding diaryl/α,β-unsaturated/α-hetero) is 1. The Bertz CT molecular complexity index is 1360. The van der Waals surface area contributed by atoms with E-state index in [9.17, 15) is 27.9 Å². The van der Waals surface area contributed by atoms with Crippen LogP contribution in [0.15, 0.2) is 55.1 Å². The SMILES string of the molecule is Nc1ncnn2cc(C(=O)O)c(-c3ccc(CC(=O)Cc4cc(C(F)(F)F)ccn4)cc3)c12. The van der Waals surface area contributed by atoms with Gasteiger partial charge in [-0.05, 0) is 23.3 Å². The summed E-state index contributed by atoms with van der Waals surface area (Å²) in [6.07, 6.45) is -1.20. The summed E-state index contributed by atoms with van der Waals surface area (Å²) < 4.78 is 39.9. The highest BCUT2D eigenvalue weighted by Gasteiger charge is 2.30. The van der Waals surface area contributed by atoms with Gasteiger partial charge in [-0.3, -0.25) is 9.78 Å². The minimum Gasteiger partial charge on any atom is -0.478 e. The molecule has 0 aliphatic carbocycles. The van der Waals surface area contributed by atoms with Crippen molar-refractivity contribution in [2.75, 3.05) is 5.73 Å². The van der Waals surface area contributed by atoms with Gasteiger partial charge in [0, 0.05) is 36.5 Å². The summed E-state index contributed by atoms with van der Waals surface area (Å²) in [5.41, 5.74) is 6.92. The third kappa shape index (κ3) is 4.52. The van der Waals surface area contributed by atoms with E-state index in [2.05, 4.69) is 15.1 Å². The molecule has 11 heteroatoms. The second kappa shape index (κ2) is 8.34. The molecule has 3 N–H and O–H groups in total. The zero-order valence-corrected chi connectivity index (χ0v) is 16.9. The Labute approximate surface area is 184 Å². The smallest absolute Gasteiger partial charge is 0.416 e. The third-order valence-electron chi connectivity index (χ3n) is 5.00. The van der Waals surface area contributed by atoms with Gasteiger partial charge in [0.25, 0.3) is 0 Å². The van der Waals surface area contributed by atoms with E-state index in [0.29, 0.717) is 22.2 Å². The fourth-order valence-corrected chi connectivity index (χ4v) is 3.52. The molecule has 0 atom stereocenters. The summed E-state index contributed by atoms with van der Waals surface area (Å²) in [4.78, 5) is 31.9. The highest BCUT2D eigenvalue weighted by molar-refractivity contribution is 6.04. The number of hydrogen-bond acceptors (Lipinski definition) is 6. The van der Waals surface area contributed by atoms with Gasteiger partial charge in [0.2, 0.25) is 0 Å². The topological polar surface area (TPSA) is 123 Å². The first-order valence-electron chi connectivity index (χ1n) is 9.61. The molecule has 0 saturated heterocycles. The lowest BCUT2D eigenvalue weighted by Crippen LogP contribution is -2.10. The average molecular weight is 455 g/mol. The van der Waals surface area contributed by atoms with Gasteiger partial charge in [-0.25, -0.2) is 14.3 Å². The van der Waals surface area contributed by atoms with Crippen molar-refractivity contribution in [2.45, 2.75) is 19.0 Å². The van der Waals surface area contributed by atoms with Crippen LogP contribution in [-0.4, -0.2) is 36.4 Å². The molecule has 3 aromatic heterocycles. The Morgan fingerprint density at radius 1 is 1.06 bits per heavy atom. The summed E-state index contributed by atoms with van der Waals surface area (Å²) in [6.45, 7) is 0. The number of nitrogens with two attached hydrogens (primary N) is 1. The molecule has 0 bridgehead atoms. The highest BCUT2D eigenvalue weighted by atomic mass is 19.4. The lowest BCUT2D eigenvalue weighted by Gasteiger charge is -2.08. The predicted molar refractivity (Wildman–Crippen MR) is 111 cm³/mol. The number of carboxylic acid groups (broad SMARTS) is 1. The maximum Gasteiger partial charge on any atom is 0.416 e. The minimum absolute atomic E-state index is 0.0124. The fourth-order valence-electron chi connectivity index (χ4n) is 3.52. The number of rotatable bonds is 6. The number of aromatic nitrogens is 4. The first-order valence-corrected chi connectivity index (χ1v) is 9.61. The van der Waals surface area contributed by atoms with Gasteiger partial charge in [-0.15, -0.1) is 0 Å². The normalized spacial score (nSPS) is 11.6. The average Bonchev–Trinajstić information content (AvgIpc) is 3.15. The standard InChI is InChI=1S/C22H16F3N5O3/c23-22(24,25)14-5-6-27-15(8-14)9-16(31)7-12-1-3-13(4-2-12)18-17(21(32)33)10-30-19(18)20(26)28-11-29-30/h1-6,8,10-11H,7,9H2,(H,32,33)(H2,26,28,29). The number of nitrogens with zero attached hydrogens (tertiary/aromatic N) is 4. The fraction of sp³-hybridized carbons (Fsp3) is 0.136. The van der Waals surface area contributed by atoms with Crippen LogP contribution in [0, 0.1) is 0 Å². The van der Waals surface area contributed by atoms with Crippen molar-refractivity contribution in [3.8, 4) is 11.1 Å². The maximum absolute atomic E-state index is 12.8. The molecule has 0 amide bonds. The van der Waals surface area contributed by atoms with Crippen LogP contribution in [0.4, 0.5) is 19.0 Å². The molecule has 8 nitrogen and oxygen atoms in total. The predicted octanol–water partition coefficient (Wildman–Crippen LogP) is 3.44. The summed E-state index contributed by atoms with van der Waals surface area (Å²) in [7, 11) is 0. The summed E-state index contributed by atoms with van der Waals surface area (Å²) in [6, 6.07) is 8.27. The van der Waals surface area contributed by atoms with E-state index in [1.807, 2.05) is 0 Å². The molecule has 0 saturated carbocycles. The third-order valence-corrected chi connectivity index (χ3v) is 5.00. The number of fused-ring (bicyclic) bond motifs is 1. The van der Waals surface area contributed by atoms with Crippen molar-refractivity contribution in [1.82, 2.24) is 19.6 Å². The number of aromatic carboxylic acids is 1. The molecule has 0 fully saturated rings. The van der Waals surface area contributed by atoms with E-state index >= 15 is 0 Å². The molecular formula is C22H16F3N5O3. The first-order chi connectivity index (χ1) is 15.6. The largest absolute Gasteiger partial charge is 0.478 e. The van der Waals surface area contributed by atoms with Crippen LogP contribution >= 0.6 is 0 Å². The lowest BCUT2D eigenvalue weighted by atomic mass is 9.98. The summed E-state index contributed by atoms with van der Waals surface area (Å²) in [5, 5.41) is 13.6. The van der Waals surface area contributed by atoms with Crippen molar-refractivity contribution >= 4 is 23.1 Å². The van der Waals surface area contributed by atoms with Crippen LogP contribution < -0.4 is 5.73 Å². The van der Waals surface area contributed by atoms with Crippen LogP contribution in [0.25, 0.3) is 16.6 Å². The zero-order chi connectivity index (χ0) is 23.8. The maximum atomic E-state index is 12.8. The van der Waals surface area contributed by atoms with Crippen LogP contribution in [0.1, 0.15) is 27.2 Å². The van der Waals surface area contributed by atoms with Crippen molar-refractivity contribution < 1.29 is 27.9 Å². The number of hydrogen-bond donors (Lipinski definition) is 2. The number of alkyl halides is 3. The van der Waals surface area contributed by atoms with Crippen LogP contribution in [0.5, 0.6) is 0 Å². The Morgan fingerprint density at radius 3 is 2.45 bits per heavy atom. The Morgan fingerprint density at radius 2 is 1.79 bits per heavy atom. The van der Waals surface area contributed by atoms with Crippen molar-refractivity contribution in [3.63, 3.8) is 0 Å². The number of ketones is 1. The number of pyridine rings is 1. The van der Waals surface area contributed by atoms with Gasteiger partial charge in [0.1, 0.15) is 17.6 Å². The number of carboxylic acids is 1. The van der Waals surface area contributed by atoms with Crippen LogP contribution in [-0.2, 0) is 23.8 Å². The van der Waals surface area contributed by atoms with Gasteiger partial charge >= 0.3 is 12.1 Å². The molecule has 4 rings (SSSR count). The quantitative estimate of drug-likeness (QED) is 0.456. The minimum atomic E-state index is -4.51. The molecule has 0 aliphatic heterocycles. The van der Waals surface area contributed by atoms with E-state index in [1.165, 1.54) is 17.0 Å². The molecular weight excluding hydrogens is 439 g/mol. The molecule has 168 valence electrons. The Balaban J connectivity index is 1.56. The van der Waals surface area contributed by atoms with Gasteiger partial charge in [-0.2, -0.15) is 18.3 Å². The van der Waals surface area contributed by atoms with Crippen LogP contribution in [0.2, 0.25) is 0 Å². The summed E-state index contributed by atoms with van der Waals surface area (Å²) in [5.74, 6) is -1.36. The first kappa shape index (κ1) is 21.9. The number of carbonyl (C=O) groups excluding carboxylic acids is 1. The number of benzene rings is 1. The molecule has 0 unspecified atom stereocenters. The van der Waals surface area contributed by atoms with E-state index < -0.39 is 17.7 Å². The second-order valence-electron chi connectivity index (χ2n) is 7.28. The van der Waals surface area contributed by atoms with E-state index in [4.69, 9.17) is 5.73 Å². The van der Waals surface area contributed by atoms with Crippen molar-refractivity contribution in [1.29, 1.82) is 0 Å². The zero-order valence-electron chi connectivity index (χ0n) is 16.9. The molecule has 33 heavy (non-hydrogen) atoms. The molecule has 1 aromatic carbocycles. The van der Waals surface area contributed by atoms with Gasteiger partial charge in [-0.1, -0.05) is 24.3 Å². The van der Waals surface area contributed by atoms with Gasteiger partial charge in [0.15, 0.2) is 5.82 Å². The number of nitrogen functional groups attached to an aromatic ring is 1. The number of halogens is 3. The van der Waals surface area contributed by atoms with Crippen molar-refractivity contribution in [3.05, 3.63) is 77.5 Å². The Hall–Kier alpha value is -4.28. The van der Waals surface area contributed by atoms with Crippen LogP contribution in [0.3, 0.4) is 0 Å². The van der Waals surface area contributed by atoms with Crippen molar-refractivity contribution in [2.24, 2.45) is 0 Å². The highest BCUT2D eigenvalue weighted by Crippen LogP contribution is 2.33. The van der Waals surface area contributed by atoms with E-state index in [-0.39, 0.29) is 35.7 Å². The summed E-state index contributed by atoms with van der Waals surface area (Å²) >= 11 is 0. The number of carbonyl (C=O) groups is 2. The molecule has 0 aliphatic rings. The molecule has 0 radical (unpaired) electrons. The lowest BCUT2D eigenvalue weighted by molar-refractivity contribution is -0.137. The molecule has 3 heterocycles. The van der Waals surface area contributed by atoms with E-state index in [0.717, 1.165) is 18.3 Å².